The zero-order valence-corrected chi connectivity index (χ0v) is 20.3. The Morgan fingerprint density at radius 3 is 2.22 bits per heavy atom. The van der Waals surface area contributed by atoms with Crippen LogP contribution in [0.15, 0.2) is 48.5 Å². The third kappa shape index (κ3) is 5.64. The summed E-state index contributed by atoms with van der Waals surface area (Å²) in [6.45, 7) is 1.95. The average molecular weight is 517 g/mol. The quantitative estimate of drug-likeness (QED) is 0.196. The first-order valence-electron chi connectivity index (χ1n) is 12.4. The summed E-state index contributed by atoms with van der Waals surface area (Å²) >= 11 is 0. The first-order chi connectivity index (χ1) is 17.7. The Hall–Kier alpha value is -3.39. The van der Waals surface area contributed by atoms with Gasteiger partial charge in [0.05, 0.1) is 12.0 Å². The molecule has 1 atom stereocenters. The highest BCUT2D eigenvalue weighted by Gasteiger charge is 2.31. The van der Waals surface area contributed by atoms with Crippen LogP contribution >= 0.6 is 0 Å². The molecule has 2 N–H and O–H groups in total. The highest BCUT2D eigenvalue weighted by atomic mass is 19.2. The van der Waals surface area contributed by atoms with Gasteiger partial charge in [-0.3, -0.25) is 4.79 Å². The highest BCUT2D eigenvalue weighted by Crippen LogP contribution is 2.39. The Morgan fingerprint density at radius 2 is 1.57 bits per heavy atom. The molecule has 0 saturated heterocycles. The van der Waals surface area contributed by atoms with Gasteiger partial charge in [0.2, 0.25) is 11.6 Å². The van der Waals surface area contributed by atoms with Gasteiger partial charge in [-0.05, 0) is 72.9 Å². The van der Waals surface area contributed by atoms with Crippen molar-refractivity contribution in [2.75, 3.05) is 0 Å². The minimum atomic E-state index is -1.30. The Bertz CT molecular complexity index is 1270. The minimum Gasteiger partial charge on any atom is -0.505 e. The average Bonchev–Trinajstić information content (AvgIpc) is 2.90. The molecule has 4 nitrogen and oxygen atoms in total. The summed E-state index contributed by atoms with van der Waals surface area (Å²) in [5, 5.41) is 19.4. The molecule has 0 amide bonds. The second-order valence-electron chi connectivity index (χ2n) is 9.44. The minimum absolute atomic E-state index is 0.00232. The molecule has 0 bridgehead atoms. The fourth-order valence-electron chi connectivity index (χ4n) is 4.86. The van der Waals surface area contributed by atoms with Crippen LogP contribution in [0.5, 0.6) is 11.5 Å². The number of phenolic OH excluding ortho intramolecular Hbond substituents is 1. The third-order valence-electron chi connectivity index (χ3n) is 7.02. The van der Waals surface area contributed by atoms with E-state index in [9.17, 15) is 32.6 Å². The fraction of sp³-hybridized carbons (Fsp3) is 0.345. The van der Waals surface area contributed by atoms with Gasteiger partial charge < -0.3 is 14.9 Å². The normalized spacial score (nSPS) is 18.4. The number of ether oxygens (including phenoxy) is 1. The number of aliphatic hydroxyl groups is 1. The fourth-order valence-corrected chi connectivity index (χ4v) is 4.86. The van der Waals surface area contributed by atoms with E-state index in [2.05, 4.69) is 0 Å². The molecule has 8 heteroatoms. The number of aliphatic hydroxyl groups excluding tert-OH is 1. The molecule has 0 aliphatic heterocycles. The van der Waals surface area contributed by atoms with Crippen molar-refractivity contribution in [2.45, 2.75) is 57.5 Å². The molecule has 0 heterocycles. The van der Waals surface area contributed by atoms with Crippen LogP contribution in [0.3, 0.4) is 0 Å². The van der Waals surface area contributed by atoms with E-state index in [0.717, 1.165) is 12.5 Å². The molecule has 3 aromatic rings. The van der Waals surface area contributed by atoms with E-state index in [0.29, 0.717) is 43.2 Å². The van der Waals surface area contributed by atoms with Crippen molar-refractivity contribution in [3.8, 4) is 22.6 Å². The topological polar surface area (TPSA) is 66.8 Å². The Kier molecular flexibility index (Phi) is 8.17. The van der Waals surface area contributed by atoms with Crippen LogP contribution < -0.4 is 4.74 Å². The largest absolute Gasteiger partial charge is 0.505 e. The SMILES string of the molecule is CCCC(O)c1ccc(-c2ccc(OC(=O)C3CCC(c4ccc(O)c(F)c4F)CC3)c(F)c2F)cc1. The molecule has 196 valence electrons. The Morgan fingerprint density at radius 1 is 0.892 bits per heavy atom. The van der Waals surface area contributed by atoms with Crippen LogP contribution in [0.4, 0.5) is 17.6 Å². The van der Waals surface area contributed by atoms with Gasteiger partial charge in [0.15, 0.2) is 23.1 Å². The number of hydrogen-bond donors (Lipinski definition) is 2. The van der Waals surface area contributed by atoms with E-state index in [1.165, 1.54) is 18.2 Å². The molecule has 0 spiro atoms. The number of benzene rings is 3. The summed E-state index contributed by atoms with van der Waals surface area (Å²) in [5.74, 6) is -7.75. The van der Waals surface area contributed by atoms with Gasteiger partial charge in [-0.15, -0.1) is 0 Å². The van der Waals surface area contributed by atoms with E-state index in [1.807, 2.05) is 6.92 Å². The van der Waals surface area contributed by atoms with Crippen molar-refractivity contribution in [2.24, 2.45) is 5.92 Å². The maximum absolute atomic E-state index is 14.9. The first-order valence-corrected chi connectivity index (χ1v) is 12.4. The predicted molar refractivity (Wildman–Crippen MR) is 130 cm³/mol. The van der Waals surface area contributed by atoms with Crippen molar-refractivity contribution in [3.05, 3.63) is 82.9 Å². The lowest BCUT2D eigenvalue weighted by molar-refractivity contribution is -0.140. The Labute approximate surface area is 212 Å². The molecule has 37 heavy (non-hydrogen) atoms. The zero-order valence-electron chi connectivity index (χ0n) is 20.3. The van der Waals surface area contributed by atoms with Crippen LogP contribution in [0.1, 0.15) is 68.6 Å². The number of carbonyl (C=O) groups is 1. The number of hydrogen-bond acceptors (Lipinski definition) is 4. The summed E-state index contributed by atoms with van der Waals surface area (Å²) in [5.41, 5.74) is 1.24. The van der Waals surface area contributed by atoms with E-state index in [1.54, 1.807) is 24.3 Å². The summed E-state index contributed by atoms with van der Waals surface area (Å²) in [6, 6.07) is 11.5. The van der Waals surface area contributed by atoms with Gasteiger partial charge in [-0.1, -0.05) is 43.7 Å². The molecule has 4 rings (SSSR count). The number of halogens is 4. The number of rotatable bonds is 7. The summed E-state index contributed by atoms with van der Waals surface area (Å²) in [7, 11) is 0. The molecule has 1 unspecified atom stereocenters. The molecular weight excluding hydrogens is 488 g/mol. The second-order valence-corrected chi connectivity index (χ2v) is 9.44. The maximum atomic E-state index is 14.9. The second kappa shape index (κ2) is 11.3. The van der Waals surface area contributed by atoms with Crippen LogP contribution in [0.2, 0.25) is 0 Å². The number of esters is 1. The number of aromatic hydroxyl groups is 1. The smallest absolute Gasteiger partial charge is 0.314 e. The first kappa shape index (κ1) is 26.7. The van der Waals surface area contributed by atoms with E-state index in [-0.39, 0.29) is 17.0 Å². The van der Waals surface area contributed by atoms with Gasteiger partial charge >= 0.3 is 5.97 Å². The standard InChI is InChI=1S/C29H28F4O4/c1-2-3-22(34)18-8-4-16(5-9-18)21-13-15-24(28(33)26(21)31)37-29(36)19-10-6-17(7-11-19)20-12-14-23(35)27(32)25(20)30/h4-5,8-9,12-15,17,19,22,34-35H,2-3,6-7,10-11H2,1H3. The van der Waals surface area contributed by atoms with Crippen molar-refractivity contribution < 1.29 is 37.3 Å². The molecule has 0 aromatic heterocycles. The molecule has 3 aromatic carbocycles. The van der Waals surface area contributed by atoms with Crippen LogP contribution in [0.25, 0.3) is 11.1 Å². The van der Waals surface area contributed by atoms with E-state index >= 15 is 0 Å². The lowest BCUT2D eigenvalue weighted by Gasteiger charge is -2.27. The van der Waals surface area contributed by atoms with Gasteiger partial charge in [0.25, 0.3) is 0 Å². The number of carbonyl (C=O) groups excluding carboxylic acids is 1. The van der Waals surface area contributed by atoms with Crippen LogP contribution in [-0.2, 0) is 4.79 Å². The lowest BCUT2D eigenvalue weighted by Crippen LogP contribution is -2.26. The van der Waals surface area contributed by atoms with Crippen molar-refractivity contribution >= 4 is 5.97 Å². The zero-order chi connectivity index (χ0) is 26.7. The molecule has 1 aliphatic rings. The van der Waals surface area contributed by atoms with Crippen molar-refractivity contribution in [1.82, 2.24) is 0 Å². The van der Waals surface area contributed by atoms with Crippen molar-refractivity contribution in [1.29, 1.82) is 0 Å². The molecular formula is C29H28F4O4. The van der Waals surface area contributed by atoms with Gasteiger partial charge in [-0.2, -0.15) is 8.78 Å². The number of phenols is 1. The van der Waals surface area contributed by atoms with Crippen LogP contribution in [-0.4, -0.2) is 16.2 Å². The molecule has 1 aliphatic carbocycles. The maximum Gasteiger partial charge on any atom is 0.314 e. The van der Waals surface area contributed by atoms with Gasteiger partial charge in [0.1, 0.15) is 0 Å². The molecule has 1 fully saturated rings. The molecule has 0 radical (unpaired) electrons. The monoisotopic (exact) mass is 516 g/mol. The summed E-state index contributed by atoms with van der Waals surface area (Å²) in [4.78, 5) is 12.6. The van der Waals surface area contributed by atoms with E-state index < -0.39 is 52.8 Å². The summed E-state index contributed by atoms with van der Waals surface area (Å²) < 4.78 is 62.7. The highest BCUT2D eigenvalue weighted by molar-refractivity contribution is 5.76. The van der Waals surface area contributed by atoms with E-state index in [4.69, 9.17) is 4.74 Å². The van der Waals surface area contributed by atoms with Crippen LogP contribution in [0, 0.1) is 29.2 Å². The Balaban J connectivity index is 1.41. The van der Waals surface area contributed by atoms with Gasteiger partial charge in [-0.25, -0.2) is 8.78 Å². The summed E-state index contributed by atoms with van der Waals surface area (Å²) in [6.07, 6.45) is 2.14. The van der Waals surface area contributed by atoms with Gasteiger partial charge in [0, 0.05) is 5.56 Å². The van der Waals surface area contributed by atoms with Crippen molar-refractivity contribution in [3.63, 3.8) is 0 Å². The lowest BCUT2D eigenvalue weighted by atomic mass is 9.78. The molecule has 1 saturated carbocycles. The third-order valence-corrected chi connectivity index (χ3v) is 7.02. The predicted octanol–water partition coefficient (Wildman–Crippen LogP) is 7.33.